The van der Waals surface area contributed by atoms with E-state index >= 15 is 0 Å². The van der Waals surface area contributed by atoms with Crippen LogP contribution in [0, 0.1) is 0 Å². The topological polar surface area (TPSA) is 128 Å². The molecule has 2 aromatic rings. The lowest BCUT2D eigenvalue weighted by Crippen LogP contribution is -2.46. The molecule has 5 N–H and O–H groups in total. The third-order valence-electron chi connectivity index (χ3n) is 3.94. The van der Waals surface area contributed by atoms with Crippen molar-refractivity contribution in [2.75, 3.05) is 25.0 Å². The minimum Gasteiger partial charge on any atom is -0.464 e. The first-order valence-electron chi connectivity index (χ1n) is 8.15. The molecular formula is C16H19N5O4S. The number of nitrogens with zero attached hydrogens (tertiary/aromatic N) is 1. The van der Waals surface area contributed by atoms with Crippen molar-refractivity contribution in [1.29, 1.82) is 0 Å². The van der Waals surface area contributed by atoms with Crippen LogP contribution in [0.4, 0.5) is 5.82 Å². The molecule has 0 bridgehead atoms. The lowest BCUT2D eigenvalue weighted by atomic mass is 10.2. The molecule has 10 heteroatoms. The largest absolute Gasteiger partial charge is 0.464 e. The molecule has 1 aromatic carbocycles. The molecule has 1 aliphatic rings. The smallest absolute Gasteiger partial charge is 0.328 e. The summed E-state index contributed by atoms with van der Waals surface area (Å²) in [7, 11) is 0. The van der Waals surface area contributed by atoms with Crippen LogP contribution in [0.3, 0.4) is 0 Å². The SMILES string of the molecule is O=C1OCCC1NC(=S)NCC(O)CNc1n[nH]c(=O)c2ccccc12. The summed E-state index contributed by atoms with van der Waals surface area (Å²) in [6.45, 7) is 0.762. The number of anilines is 1. The second kappa shape index (κ2) is 8.11. The maximum atomic E-state index is 11.8. The summed E-state index contributed by atoms with van der Waals surface area (Å²) in [5.74, 6) is 0.154. The normalized spacial score (nSPS) is 17.6. The molecule has 2 atom stereocenters. The van der Waals surface area contributed by atoms with E-state index < -0.39 is 12.1 Å². The highest BCUT2D eigenvalue weighted by Gasteiger charge is 2.26. The van der Waals surface area contributed by atoms with E-state index in [0.29, 0.717) is 29.6 Å². The van der Waals surface area contributed by atoms with Gasteiger partial charge in [0, 0.05) is 24.9 Å². The minimum absolute atomic E-state index is 0.182. The Labute approximate surface area is 154 Å². The number of benzene rings is 1. The van der Waals surface area contributed by atoms with Crippen LogP contribution in [0.2, 0.25) is 0 Å². The fourth-order valence-electron chi connectivity index (χ4n) is 2.58. The molecule has 138 valence electrons. The van der Waals surface area contributed by atoms with E-state index in [1.54, 1.807) is 18.2 Å². The number of rotatable bonds is 6. The Kier molecular flexibility index (Phi) is 5.64. The minimum atomic E-state index is -0.766. The van der Waals surface area contributed by atoms with Gasteiger partial charge in [-0.25, -0.2) is 9.89 Å². The van der Waals surface area contributed by atoms with Gasteiger partial charge >= 0.3 is 5.97 Å². The summed E-state index contributed by atoms with van der Waals surface area (Å²) >= 11 is 5.10. The first kappa shape index (κ1) is 18.1. The van der Waals surface area contributed by atoms with Gasteiger partial charge in [-0.2, -0.15) is 5.10 Å². The monoisotopic (exact) mass is 377 g/mol. The third-order valence-corrected chi connectivity index (χ3v) is 4.20. The summed E-state index contributed by atoms with van der Waals surface area (Å²) in [5, 5.41) is 26.7. The van der Waals surface area contributed by atoms with Crippen LogP contribution >= 0.6 is 12.2 Å². The van der Waals surface area contributed by atoms with Crippen molar-refractivity contribution in [3.05, 3.63) is 34.6 Å². The number of carbonyl (C=O) groups is 1. The summed E-state index contributed by atoms with van der Waals surface area (Å²) < 4.78 is 4.84. The van der Waals surface area contributed by atoms with Gasteiger partial charge in [0.2, 0.25) is 0 Å². The first-order chi connectivity index (χ1) is 12.5. The van der Waals surface area contributed by atoms with Crippen molar-refractivity contribution in [3.63, 3.8) is 0 Å². The summed E-state index contributed by atoms with van der Waals surface area (Å²) in [6, 6.07) is 6.63. The fraction of sp³-hybridized carbons (Fsp3) is 0.375. The highest BCUT2D eigenvalue weighted by Crippen LogP contribution is 2.16. The lowest BCUT2D eigenvalue weighted by molar-refractivity contribution is -0.139. The zero-order valence-corrected chi connectivity index (χ0v) is 14.6. The van der Waals surface area contributed by atoms with E-state index in [1.165, 1.54) is 0 Å². The Morgan fingerprint density at radius 3 is 2.85 bits per heavy atom. The van der Waals surface area contributed by atoms with Crippen molar-refractivity contribution in [2.24, 2.45) is 0 Å². The average molecular weight is 377 g/mol. The number of hydrogen-bond donors (Lipinski definition) is 5. The molecule has 2 heterocycles. The highest BCUT2D eigenvalue weighted by atomic mass is 32.1. The number of esters is 1. The number of aromatic amines is 1. The van der Waals surface area contributed by atoms with Gasteiger partial charge in [0.1, 0.15) is 6.04 Å². The molecule has 0 saturated carbocycles. The van der Waals surface area contributed by atoms with Gasteiger partial charge in [-0.3, -0.25) is 4.79 Å². The molecule has 2 unspecified atom stereocenters. The quantitative estimate of drug-likeness (QED) is 0.333. The van der Waals surface area contributed by atoms with Gasteiger partial charge in [0.05, 0.1) is 18.1 Å². The number of thiocarbonyl (C=S) groups is 1. The van der Waals surface area contributed by atoms with E-state index in [2.05, 4.69) is 26.1 Å². The van der Waals surface area contributed by atoms with Crippen LogP contribution in [0.15, 0.2) is 29.1 Å². The predicted molar refractivity (Wildman–Crippen MR) is 100.0 cm³/mol. The average Bonchev–Trinajstić information content (AvgIpc) is 3.04. The zero-order chi connectivity index (χ0) is 18.5. The fourth-order valence-corrected chi connectivity index (χ4v) is 2.81. The van der Waals surface area contributed by atoms with Gasteiger partial charge in [0.15, 0.2) is 10.9 Å². The molecule has 0 spiro atoms. The summed E-state index contributed by atoms with van der Waals surface area (Å²) in [5.41, 5.74) is -0.268. The van der Waals surface area contributed by atoms with E-state index in [4.69, 9.17) is 17.0 Å². The standard InChI is InChI=1S/C16H19N5O4S/c22-9(8-18-16(26)19-12-5-6-25-15(12)24)7-17-13-10-3-1-2-4-11(10)14(23)21-20-13/h1-4,9,12,22H,5-8H2,(H,17,20)(H,21,23)(H2,18,19,26). The number of fused-ring (bicyclic) bond motifs is 1. The van der Waals surface area contributed by atoms with Crippen LogP contribution in [0.25, 0.3) is 10.8 Å². The maximum absolute atomic E-state index is 11.8. The first-order valence-corrected chi connectivity index (χ1v) is 8.56. The molecule has 9 nitrogen and oxygen atoms in total. The molecule has 1 aromatic heterocycles. The number of H-pyrrole nitrogens is 1. The second-order valence-electron chi connectivity index (χ2n) is 5.84. The van der Waals surface area contributed by atoms with Crippen molar-refractivity contribution in [1.82, 2.24) is 20.8 Å². The molecule has 0 radical (unpaired) electrons. The lowest BCUT2D eigenvalue weighted by Gasteiger charge is -2.17. The van der Waals surface area contributed by atoms with Gasteiger partial charge in [-0.1, -0.05) is 18.2 Å². The highest BCUT2D eigenvalue weighted by molar-refractivity contribution is 7.80. The Balaban J connectivity index is 1.49. The Morgan fingerprint density at radius 2 is 2.12 bits per heavy atom. The van der Waals surface area contributed by atoms with Crippen LogP contribution < -0.4 is 21.5 Å². The van der Waals surface area contributed by atoms with Crippen molar-refractivity contribution in [3.8, 4) is 0 Å². The van der Waals surface area contributed by atoms with E-state index in [9.17, 15) is 14.7 Å². The molecule has 1 saturated heterocycles. The van der Waals surface area contributed by atoms with Crippen molar-refractivity contribution < 1.29 is 14.6 Å². The van der Waals surface area contributed by atoms with Crippen molar-refractivity contribution in [2.45, 2.75) is 18.6 Å². The number of cyclic esters (lactones) is 1. The molecule has 1 aliphatic heterocycles. The van der Waals surface area contributed by atoms with E-state index in [-0.39, 0.29) is 29.7 Å². The number of aromatic nitrogens is 2. The number of hydrogen-bond acceptors (Lipinski definition) is 7. The number of aliphatic hydroxyl groups is 1. The van der Waals surface area contributed by atoms with Gasteiger partial charge < -0.3 is 25.8 Å². The number of nitrogens with one attached hydrogen (secondary N) is 4. The molecular weight excluding hydrogens is 358 g/mol. The number of ether oxygens (including phenoxy) is 1. The van der Waals surface area contributed by atoms with Crippen LogP contribution in [-0.2, 0) is 9.53 Å². The van der Waals surface area contributed by atoms with Crippen molar-refractivity contribution >= 4 is 39.9 Å². The summed E-state index contributed by atoms with van der Waals surface area (Å²) in [6.07, 6.45) is -0.201. The zero-order valence-electron chi connectivity index (χ0n) is 13.8. The predicted octanol–water partition coefficient (Wildman–Crippen LogP) is -0.524. The Morgan fingerprint density at radius 1 is 1.35 bits per heavy atom. The molecule has 3 rings (SSSR count). The Hall–Kier alpha value is -2.72. The maximum Gasteiger partial charge on any atom is 0.328 e. The third kappa shape index (κ3) is 4.27. The van der Waals surface area contributed by atoms with E-state index in [1.807, 2.05) is 6.07 Å². The Bertz CT molecular complexity index is 871. The molecule has 0 amide bonds. The number of aliphatic hydroxyl groups excluding tert-OH is 1. The van der Waals surface area contributed by atoms with Crippen LogP contribution in [-0.4, -0.2) is 58.2 Å². The summed E-state index contributed by atoms with van der Waals surface area (Å²) in [4.78, 5) is 23.1. The molecule has 26 heavy (non-hydrogen) atoms. The van der Waals surface area contributed by atoms with Gasteiger partial charge in [-0.15, -0.1) is 0 Å². The van der Waals surface area contributed by atoms with Crippen LogP contribution in [0.1, 0.15) is 6.42 Å². The molecule has 0 aliphatic carbocycles. The second-order valence-corrected chi connectivity index (χ2v) is 6.25. The number of carbonyl (C=O) groups excluding carboxylic acids is 1. The van der Waals surface area contributed by atoms with E-state index in [0.717, 1.165) is 0 Å². The van der Waals surface area contributed by atoms with Gasteiger partial charge in [0.25, 0.3) is 5.56 Å². The van der Waals surface area contributed by atoms with Gasteiger partial charge in [-0.05, 0) is 18.3 Å². The molecule has 1 fully saturated rings. The van der Waals surface area contributed by atoms with Crippen LogP contribution in [0.5, 0.6) is 0 Å².